The highest BCUT2D eigenvalue weighted by Crippen LogP contribution is 2.26. The normalized spacial score (nSPS) is 21.5. The highest BCUT2D eigenvalue weighted by atomic mass is 32.3. The number of carbonyl (C=O) groups excluding carboxylic acids is 1. The molecule has 13 nitrogen and oxygen atoms in total. The Morgan fingerprint density at radius 2 is 1.10 bits per heavy atom. The molecule has 7 N–H and O–H groups in total. The molecule has 358 valence electrons. The zero-order valence-electron chi connectivity index (χ0n) is 37.8. The van der Waals surface area contributed by atoms with Crippen LogP contribution in [0.15, 0.2) is 36.5 Å². The van der Waals surface area contributed by atoms with E-state index in [0.29, 0.717) is 12.8 Å². The highest BCUT2D eigenvalue weighted by Gasteiger charge is 2.48. The number of hydrogen-bond acceptors (Lipinski definition) is 11. The van der Waals surface area contributed by atoms with Crippen molar-refractivity contribution in [3.05, 3.63) is 36.5 Å². The van der Waals surface area contributed by atoms with Gasteiger partial charge in [0.15, 0.2) is 6.29 Å². The lowest BCUT2D eigenvalue weighted by atomic mass is 9.99. The van der Waals surface area contributed by atoms with Crippen LogP contribution in [0.1, 0.15) is 194 Å². The summed E-state index contributed by atoms with van der Waals surface area (Å²) in [5.41, 5.74) is 0. The number of carbonyl (C=O) groups is 1. The number of rotatable bonds is 40. The Hall–Kier alpha value is -1.72. The predicted molar refractivity (Wildman–Crippen MR) is 242 cm³/mol. The van der Waals surface area contributed by atoms with Crippen LogP contribution in [0.5, 0.6) is 0 Å². The number of nitrogens with one attached hydrogen (secondary N) is 1. The van der Waals surface area contributed by atoms with E-state index in [-0.39, 0.29) is 6.42 Å². The monoisotopic (exact) mass is 890 g/mol. The minimum absolute atomic E-state index is 0.236. The van der Waals surface area contributed by atoms with E-state index in [1.807, 2.05) is 0 Å². The van der Waals surface area contributed by atoms with Crippen LogP contribution in [0.3, 0.4) is 0 Å². The zero-order valence-corrected chi connectivity index (χ0v) is 38.7. The van der Waals surface area contributed by atoms with Gasteiger partial charge in [0.05, 0.1) is 25.4 Å². The van der Waals surface area contributed by atoms with Gasteiger partial charge in [0.1, 0.15) is 30.5 Å². The fraction of sp³-hybridized carbons (Fsp3) is 0.851. The second-order valence-corrected chi connectivity index (χ2v) is 17.9. The van der Waals surface area contributed by atoms with Crippen molar-refractivity contribution in [3.8, 4) is 0 Å². The van der Waals surface area contributed by atoms with Crippen LogP contribution in [0.25, 0.3) is 0 Å². The lowest BCUT2D eigenvalue weighted by Gasteiger charge is -2.41. The number of allylic oxidation sites excluding steroid dienone is 5. The van der Waals surface area contributed by atoms with E-state index in [9.17, 15) is 43.3 Å². The number of aliphatic hydroxyl groups is 5. The zero-order chi connectivity index (χ0) is 45.0. The third kappa shape index (κ3) is 30.1. The summed E-state index contributed by atoms with van der Waals surface area (Å²) < 4.78 is 47.5. The summed E-state index contributed by atoms with van der Waals surface area (Å²) in [6, 6.07) is -1.14. The van der Waals surface area contributed by atoms with Crippen LogP contribution in [0.2, 0.25) is 0 Å². The lowest BCUT2D eigenvalue weighted by Crippen LogP contribution is -2.61. The quantitative estimate of drug-likeness (QED) is 0.0175. The summed E-state index contributed by atoms with van der Waals surface area (Å²) in [5, 5.41) is 55.2. The molecule has 8 atom stereocenters. The molecule has 0 saturated carbocycles. The number of hydrogen-bond donors (Lipinski definition) is 7. The molecule has 8 unspecified atom stereocenters. The van der Waals surface area contributed by atoms with E-state index in [1.54, 1.807) is 6.08 Å². The Labute approximate surface area is 369 Å². The molecule has 61 heavy (non-hydrogen) atoms. The Balaban J connectivity index is 2.60. The fourth-order valence-electron chi connectivity index (χ4n) is 7.43. The van der Waals surface area contributed by atoms with E-state index >= 15 is 0 Å². The molecule has 14 heteroatoms. The van der Waals surface area contributed by atoms with Crippen molar-refractivity contribution in [2.45, 2.75) is 243 Å². The third-order valence-electron chi connectivity index (χ3n) is 11.3. The summed E-state index contributed by atoms with van der Waals surface area (Å²) in [4.78, 5) is 13.1. The maximum Gasteiger partial charge on any atom is 0.397 e. The van der Waals surface area contributed by atoms with Gasteiger partial charge in [-0.25, -0.2) is 4.18 Å². The first-order valence-electron chi connectivity index (χ1n) is 24.0. The van der Waals surface area contributed by atoms with Crippen LogP contribution in [-0.2, 0) is 28.9 Å². The number of aliphatic hydroxyl groups excluding tert-OH is 5. The van der Waals surface area contributed by atoms with Crippen molar-refractivity contribution >= 4 is 16.3 Å². The molecule has 1 saturated heterocycles. The van der Waals surface area contributed by atoms with Crippen LogP contribution in [0, 0.1) is 0 Å². The average Bonchev–Trinajstić information content (AvgIpc) is 3.23. The molecule has 0 aromatic carbocycles. The molecule has 0 aliphatic carbocycles. The summed E-state index contributed by atoms with van der Waals surface area (Å²) in [6.07, 6.45) is 32.3. The molecular formula is C47H87NO12S. The van der Waals surface area contributed by atoms with Crippen molar-refractivity contribution in [1.82, 2.24) is 5.32 Å². The minimum Gasteiger partial charge on any atom is -0.394 e. The molecule has 0 radical (unpaired) electrons. The van der Waals surface area contributed by atoms with Crippen molar-refractivity contribution in [2.75, 3.05) is 13.2 Å². The van der Waals surface area contributed by atoms with E-state index in [4.69, 9.17) is 9.47 Å². The Bertz CT molecular complexity index is 1250. The molecule has 0 aromatic heterocycles. The van der Waals surface area contributed by atoms with Crippen molar-refractivity contribution < 1.29 is 57.0 Å². The maximum atomic E-state index is 13.1. The van der Waals surface area contributed by atoms with Crippen molar-refractivity contribution in [1.29, 1.82) is 0 Å². The van der Waals surface area contributed by atoms with Crippen LogP contribution in [-0.4, -0.2) is 107 Å². The van der Waals surface area contributed by atoms with Gasteiger partial charge in [-0.05, 0) is 44.9 Å². The summed E-state index contributed by atoms with van der Waals surface area (Å²) in [5.74, 6) is -0.717. The van der Waals surface area contributed by atoms with Crippen LogP contribution >= 0.6 is 0 Å². The van der Waals surface area contributed by atoms with E-state index in [0.717, 1.165) is 44.9 Å². The third-order valence-corrected chi connectivity index (χ3v) is 11.7. The average molecular weight is 890 g/mol. The first-order chi connectivity index (χ1) is 29.4. The Morgan fingerprint density at radius 1 is 0.656 bits per heavy atom. The van der Waals surface area contributed by atoms with Gasteiger partial charge in [-0.2, -0.15) is 8.42 Å². The number of ether oxygens (including phenoxy) is 2. The summed E-state index contributed by atoms with van der Waals surface area (Å²) >= 11 is 0. The van der Waals surface area contributed by atoms with E-state index in [1.165, 1.54) is 122 Å². The van der Waals surface area contributed by atoms with Gasteiger partial charge in [-0.15, -0.1) is 0 Å². The first-order valence-corrected chi connectivity index (χ1v) is 25.3. The van der Waals surface area contributed by atoms with Gasteiger partial charge in [-0.1, -0.05) is 185 Å². The smallest absolute Gasteiger partial charge is 0.394 e. The predicted octanol–water partition coefficient (Wildman–Crippen LogP) is 8.47. The molecule has 1 rings (SSSR count). The van der Waals surface area contributed by atoms with Crippen LogP contribution in [0.4, 0.5) is 0 Å². The molecule has 0 spiro atoms. The molecule has 1 aliphatic heterocycles. The molecule has 1 heterocycles. The van der Waals surface area contributed by atoms with Gasteiger partial charge in [0.25, 0.3) is 0 Å². The Morgan fingerprint density at radius 3 is 1.57 bits per heavy atom. The minimum atomic E-state index is -5.12. The highest BCUT2D eigenvalue weighted by molar-refractivity contribution is 7.80. The second kappa shape index (κ2) is 37.6. The molecule has 1 amide bonds. The lowest BCUT2D eigenvalue weighted by molar-refractivity contribution is -0.298. The fourth-order valence-corrected chi connectivity index (χ4v) is 7.94. The Kier molecular flexibility index (Phi) is 35.4. The summed E-state index contributed by atoms with van der Waals surface area (Å²) in [7, 11) is -5.12. The van der Waals surface area contributed by atoms with Gasteiger partial charge in [-0.3, -0.25) is 9.35 Å². The van der Waals surface area contributed by atoms with Gasteiger partial charge in [0.2, 0.25) is 5.91 Å². The van der Waals surface area contributed by atoms with Gasteiger partial charge >= 0.3 is 10.4 Å². The molecule has 0 bridgehead atoms. The molecular weight excluding hydrogens is 803 g/mol. The van der Waals surface area contributed by atoms with Gasteiger partial charge < -0.3 is 40.3 Å². The second-order valence-electron chi connectivity index (χ2n) is 16.8. The number of unbranched alkanes of at least 4 members (excludes halogenated alkanes) is 23. The number of amides is 1. The molecule has 1 aliphatic rings. The molecule has 1 fully saturated rings. The van der Waals surface area contributed by atoms with E-state index in [2.05, 4.69) is 47.7 Å². The molecule has 0 aromatic rings. The van der Waals surface area contributed by atoms with Crippen molar-refractivity contribution in [3.63, 3.8) is 0 Å². The maximum absolute atomic E-state index is 13.1. The first kappa shape index (κ1) is 57.3. The standard InChI is InChI=1S/C47H87NO12S/c1-3-5-7-9-11-13-15-17-18-19-20-21-22-23-24-26-27-29-31-33-35-40(50)39(38-58-47-44(53)45(60-61(55,56)57)43(52)42(37-49)59-47)48-46(54)41(51)36-34-32-30-28-25-16-14-12-10-8-6-4-2/h21-22,26-27,33,35,39-45,47,49-53H,3-20,23-25,28-32,34,36-38H2,1-2H3,(H,48,54)(H,55,56,57)/b22-21+,27-26+,35-33+. The SMILES string of the molecule is CCCCCCCCCCCC/C=C/CC/C=C/CC/C=C/C(O)C(COC1OC(CO)C(O)C(OS(=O)(=O)O)C1O)NC(=O)C(O)CCCCCCCCCCCCCC. The largest absolute Gasteiger partial charge is 0.397 e. The van der Waals surface area contributed by atoms with Crippen molar-refractivity contribution in [2.24, 2.45) is 0 Å². The van der Waals surface area contributed by atoms with Gasteiger partial charge in [0, 0.05) is 0 Å². The summed E-state index contributed by atoms with van der Waals surface area (Å²) in [6.45, 7) is 3.19. The van der Waals surface area contributed by atoms with E-state index < -0.39 is 78.5 Å². The van der Waals surface area contributed by atoms with Crippen LogP contribution < -0.4 is 5.32 Å². The topological polar surface area (TPSA) is 212 Å².